The standard InChI is InChI=1S/C21H22Cl2N4O2/c22-18-10-6-4-8-16(18)14-24-26-20(28)12-2-1-3-13-21(29)27-25-15-17-9-5-7-11-19(17)23/h4-11,14-15H,1-3,12-13H2,(H,26,28)(H,27,29). The van der Waals surface area contributed by atoms with E-state index in [4.69, 9.17) is 23.2 Å². The lowest BCUT2D eigenvalue weighted by Crippen LogP contribution is -2.18. The Morgan fingerprint density at radius 1 is 0.724 bits per heavy atom. The SMILES string of the molecule is O=C(CCCCCC(=O)NN=Cc1ccccc1Cl)NN=Cc1ccccc1Cl. The third-order valence-electron chi connectivity index (χ3n) is 3.90. The first-order valence-electron chi connectivity index (χ1n) is 9.19. The molecule has 6 nitrogen and oxygen atoms in total. The maximum Gasteiger partial charge on any atom is 0.240 e. The van der Waals surface area contributed by atoms with Crippen LogP contribution in [-0.4, -0.2) is 24.2 Å². The molecule has 2 rings (SSSR count). The lowest BCUT2D eigenvalue weighted by Gasteiger charge is -2.02. The third kappa shape index (κ3) is 8.89. The highest BCUT2D eigenvalue weighted by atomic mass is 35.5. The molecule has 0 aliphatic heterocycles. The van der Waals surface area contributed by atoms with E-state index in [1.807, 2.05) is 36.4 Å². The minimum atomic E-state index is -0.179. The number of hydrazone groups is 2. The summed E-state index contributed by atoms with van der Waals surface area (Å²) in [6, 6.07) is 14.4. The van der Waals surface area contributed by atoms with Gasteiger partial charge >= 0.3 is 0 Å². The number of carbonyl (C=O) groups is 2. The van der Waals surface area contributed by atoms with Gasteiger partial charge in [-0.3, -0.25) is 9.59 Å². The summed E-state index contributed by atoms with van der Waals surface area (Å²) < 4.78 is 0. The minimum absolute atomic E-state index is 0.179. The molecule has 0 radical (unpaired) electrons. The van der Waals surface area contributed by atoms with E-state index >= 15 is 0 Å². The van der Waals surface area contributed by atoms with Crippen molar-refractivity contribution in [1.29, 1.82) is 0 Å². The maximum absolute atomic E-state index is 11.8. The van der Waals surface area contributed by atoms with Crippen LogP contribution in [0.4, 0.5) is 0 Å². The van der Waals surface area contributed by atoms with Gasteiger partial charge in [-0.25, -0.2) is 10.9 Å². The highest BCUT2D eigenvalue weighted by Crippen LogP contribution is 2.13. The van der Waals surface area contributed by atoms with Crippen molar-refractivity contribution in [2.24, 2.45) is 10.2 Å². The fourth-order valence-corrected chi connectivity index (χ4v) is 2.74. The highest BCUT2D eigenvalue weighted by Gasteiger charge is 2.03. The second-order valence-electron chi connectivity index (χ2n) is 6.19. The summed E-state index contributed by atoms with van der Waals surface area (Å²) in [4.78, 5) is 23.5. The Morgan fingerprint density at radius 3 is 1.55 bits per heavy atom. The van der Waals surface area contributed by atoms with Gasteiger partial charge < -0.3 is 0 Å². The number of hydrogen-bond acceptors (Lipinski definition) is 4. The summed E-state index contributed by atoms with van der Waals surface area (Å²) in [5, 5.41) is 8.93. The normalized spacial score (nSPS) is 11.1. The molecule has 0 atom stereocenters. The number of carbonyl (C=O) groups excluding carboxylic acids is 2. The molecule has 0 spiro atoms. The van der Waals surface area contributed by atoms with Gasteiger partial charge in [0.05, 0.1) is 12.4 Å². The molecule has 2 amide bonds. The van der Waals surface area contributed by atoms with Crippen LogP contribution in [0.25, 0.3) is 0 Å². The monoisotopic (exact) mass is 432 g/mol. The van der Waals surface area contributed by atoms with Crippen LogP contribution < -0.4 is 10.9 Å². The van der Waals surface area contributed by atoms with Crippen molar-refractivity contribution < 1.29 is 9.59 Å². The average molecular weight is 433 g/mol. The lowest BCUT2D eigenvalue weighted by molar-refractivity contribution is -0.121. The lowest BCUT2D eigenvalue weighted by atomic mass is 10.1. The van der Waals surface area contributed by atoms with Gasteiger partial charge in [0.25, 0.3) is 0 Å². The van der Waals surface area contributed by atoms with Crippen molar-refractivity contribution in [2.45, 2.75) is 32.1 Å². The first kappa shape index (κ1) is 22.6. The Bertz CT molecular complexity index is 813. The van der Waals surface area contributed by atoms with Crippen LogP contribution in [0.5, 0.6) is 0 Å². The van der Waals surface area contributed by atoms with Crippen LogP contribution in [0, 0.1) is 0 Å². The number of rotatable bonds is 10. The number of benzene rings is 2. The Hall–Kier alpha value is -2.70. The maximum atomic E-state index is 11.8. The molecule has 0 bridgehead atoms. The molecule has 2 aromatic carbocycles. The average Bonchev–Trinajstić information content (AvgIpc) is 2.70. The zero-order valence-corrected chi connectivity index (χ0v) is 17.3. The molecule has 0 fully saturated rings. The Kier molecular flexibility index (Phi) is 9.89. The van der Waals surface area contributed by atoms with Crippen LogP contribution >= 0.6 is 23.2 Å². The van der Waals surface area contributed by atoms with Crippen LogP contribution in [0.3, 0.4) is 0 Å². The molecule has 0 saturated heterocycles. The molecular formula is C21H22Cl2N4O2. The fourth-order valence-electron chi connectivity index (χ4n) is 2.37. The molecule has 0 aliphatic rings. The van der Waals surface area contributed by atoms with Crippen LogP contribution in [0.15, 0.2) is 58.7 Å². The summed E-state index contributed by atoms with van der Waals surface area (Å²) in [7, 11) is 0. The van der Waals surface area contributed by atoms with E-state index in [-0.39, 0.29) is 11.8 Å². The summed E-state index contributed by atoms with van der Waals surface area (Å²) in [6.45, 7) is 0. The van der Waals surface area contributed by atoms with Gasteiger partial charge in [-0.1, -0.05) is 66.0 Å². The Labute approximate surface area is 180 Å². The van der Waals surface area contributed by atoms with E-state index in [1.165, 1.54) is 12.4 Å². The zero-order valence-electron chi connectivity index (χ0n) is 15.8. The number of halogens is 2. The van der Waals surface area contributed by atoms with Gasteiger partial charge in [0, 0.05) is 34.0 Å². The zero-order chi connectivity index (χ0) is 20.9. The molecule has 0 unspecified atom stereocenters. The predicted octanol–water partition coefficient (Wildman–Crippen LogP) is 4.54. The highest BCUT2D eigenvalue weighted by molar-refractivity contribution is 6.33. The minimum Gasteiger partial charge on any atom is -0.273 e. The van der Waals surface area contributed by atoms with Crippen molar-refractivity contribution in [3.63, 3.8) is 0 Å². The first-order chi connectivity index (χ1) is 14.1. The summed E-state index contributed by atoms with van der Waals surface area (Å²) in [5.41, 5.74) is 6.41. The Morgan fingerprint density at radius 2 is 1.14 bits per heavy atom. The molecule has 29 heavy (non-hydrogen) atoms. The van der Waals surface area contributed by atoms with E-state index < -0.39 is 0 Å². The van der Waals surface area contributed by atoms with Crippen molar-refractivity contribution in [2.75, 3.05) is 0 Å². The molecule has 0 aromatic heterocycles. The number of unbranched alkanes of at least 4 members (excludes halogenated alkanes) is 2. The van der Waals surface area contributed by atoms with Crippen molar-refractivity contribution >= 4 is 47.4 Å². The van der Waals surface area contributed by atoms with Crippen LogP contribution in [-0.2, 0) is 9.59 Å². The number of nitrogens with one attached hydrogen (secondary N) is 2. The number of amides is 2. The first-order valence-corrected chi connectivity index (χ1v) is 9.94. The summed E-state index contributed by atoms with van der Waals surface area (Å²) >= 11 is 12.0. The van der Waals surface area contributed by atoms with Gasteiger partial charge in [0.15, 0.2) is 0 Å². The smallest absolute Gasteiger partial charge is 0.240 e. The van der Waals surface area contributed by atoms with E-state index in [2.05, 4.69) is 21.1 Å². The molecule has 2 N–H and O–H groups in total. The van der Waals surface area contributed by atoms with Gasteiger partial charge in [0.2, 0.25) is 11.8 Å². The summed E-state index contributed by atoms with van der Waals surface area (Å²) in [5.74, 6) is -0.357. The molecule has 2 aromatic rings. The largest absolute Gasteiger partial charge is 0.273 e. The molecule has 152 valence electrons. The Balaban J connectivity index is 1.56. The predicted molar refractivity (Wildman–Crippen MR) is 117 cm³/mol. The topological polar surface area (TPSA) is 82.9 Å². The molecule has 0 saturated carbocycles. The second kappa shape index (κ2) is 12.7. The van der Waals surface area contributed by atoms with Gasteiger partial charge in [-0.15, -0.1) is 0 Å². The van der Waals surface area contributed by atoms with E-state index in [9.17, 15) is 9.59 Å². The molecule has 8 heteroatoms. The quantitative estimate of drug-likeness (QED) is 0.328. The van der Waals surface area contributed by atoms with Crippen molar-refractivity contribution in [3.8, 4) is 0 Å². The molecule has 0 heterocycles. The van der Waals surface area contributed by atoms with E-state index in [1.54, 1.807) is 12.1 Å². The van der Waals surface area contributed by atoms with E-state index in [0.717, 1.165) is 17.5 Å². The number of nitrogens with zero attached hydrogens (tertiary/aromatic N) is 2. The van der Waals surface area contributed by atoms with E-state index in [0.29, 0.717) is 35.7 Å². The fraction of sp³-hybridized carbons (Fsp3) is 0.238. The number of hydrogen-bond donors (Lipinski definition) is 2. The third-order valence-corrected chi connectivity index (χ3v) is 4.59. The van der Waals surface area contributed by atoms with Gasteiger partial charge in [-0.05, 0) is 25.0 Å². The van der Waals surface area contributed by atoms with Crippen molar-refractivity contribution in [1.82, 2.24) is 10.9 Å². The van der Waals surface area contributed by atoms with Gasteiger partial charge in [0.1, 0.15) is 0 Å². The van der Waals surface area contributed by atoms with Gasteiger partial charge in [-0.2, -0.15) is 10.2 Å². The second-order valence-corrected chi connectivity index (χ2v) is 7.00. The van der Waals surface area contributed by atoms with Crippen LogP contribution in [0.2, 0.25) is 10.0 Å². The molecule has 0 aliphatic carbocycles. The van der Waals surface area contributed by atoms with Crippen LogP contribution in [0.1, 0.15) is 43.2 Å². The molecular weight excluding hydrogens is 411 g/mol. The van der Waals surface area contributed by atoms with Crippen molar-refractivity contribution in [3.05, 3.63) is 69.7 Å². The summed E-state index contributed by atoms with van der Waals surface area (Å²) in [6.07, 6.45) is 5.79.